The standard InChI is InChI=1S/C25H29N3O4/c1-30-21-10-9-17(16-23(21)31-2)24-26-19-6-3-4-7-20(19)28(24)18-11-13-27(14-12-18)25(29)22-8-5-15-32-22/h3-4,6-7,9-10,16,18,22H,5,8,11-15H2,1-2H3/t22-/m0/s1. The van der Waals surface area contributed by atoms with E-state index >= 15 is 0 Å². The lowest BCUT2D eigenvalue weighted by molar-refractivity contribution is -0.142. The highest BCUT2D eigenvalue weighted by Gasteiger charge is 2.32. The molecule has 1 atom stereocenters. The Morgan fingerprint density at radius 3 is 2.53 bits per heavy atom. The molecule has 2 saturated heterocycles. The molecule has 0 bridgehead atoms. The van der Waals surface area contributed by atoms with Crippen LogP contribution in [0.25, 0.3) is 22.4 Å². The summed E-state index contributed by atoms with van der Waals surface area (Å²) in [6.07, 6.45) is 3.35. The summed E-state index contributed by atoms with van der Waals surface area (Å²) in [5.74, 6) is 2.44. The van der Waals surface area contributed by atoms with Gasteiger partial charge in [-0.15, -0.1) is 0 Å². The summed E-state index contributed by atoms with van der Waals surface area (Å²) in [4.78, 5) is 19.7. The fourth-order valence-corrected chi connectivity index (χ4v) is 4.91. The van der Waals surface area contributed by atoms with Crippen LogP contribution in [0, 0.1) is 0 Å². The largest absolute Gasteiger partial charge is 0.493 e. The molecule has 7 heteroatoms. The second-order valence-corrected chi connectivity index (χ2v) is 8.42. The van der Waals surface area contributed by atoms with E-state index in [1.54, 1.807) is 14.2 Å². The lowest BCUT2D eigenvalue weighted by atomic mass is 10.0. The highest BCUT2D eigenvalue weighted by molar-refractivity contribution is 5.82. The predicted octanol–water partition coefficient (Wildman–Crippen LogP) is 4.06. The van der Waals surface area contributed by atoms with Crippen LogP contribution >= 0.6 is 0 Å². The molecule has 2 aliphatic rings. The summed E-state index contributed by atoms with van der Waals surface area (Å²) in [5.41, 5.74) is 3.06. The number of aromatic nitrogens is 2. The van der Waals surface area contributed by atoms with E-state index in [-0.39, 0.29) is 18.1 Å². The van der Waals surface area contributed by atoms with Gasteiger partial charge in [-0.25, -0.2) is 4.98 Å². The van der Waals surface area contributed by atoms with Crippen molar-refractivity contribution in [2.45, 2.75) is 37.8 Å². The first-order valence-corrected chi connectivity index (χ1v) is 11.3. The Morgan fingerprint density at radius 1 is 1.03 bits per heavy atom. The van der Waals surface area contributed by atoms with Gasteiger partial charge in [0, 0.05) is 31.3 Å². The number of benzene rings is 2. The Morgan fingerprint density at radius 2 is 1.81 bits per heavy atom. The summed E-state index contributed by atoms with van der Waals surface area (Å²) in [6.45, 7) is 2.17. The fraction of sp³-hybridized carbons (Fsp3) is 0.440. The molecule has 32 heavy (non-hydrogen) atoms. The molecule has 0 unspecified atom stereocenters. The van der Waals surface area contributed by atoms with Crippen LogP contribution in [0.4, 0.5) is 0 Å². The SMILES string of the molecule is COc1ccc(-c2nc3ccccc3n2C2CCN(C(=O)[C@@H]3CCCO3)CC2)cc1OC. The number of carbonyl (C=O) groups excluding carboxylic acids is 1. The number of rotatable bonds is 5. The molecule has 2 fully saturated rings. The van der Waals surface area contributed by atoms with Gasteiger partial charge in [-0.2, -0.15) is 0 Å². The normalized spacial score (nSPS) is 19.4. The summed E-state index contributed by atoms with van der Waals surface area (Å²) in [6, 6.07) is 14.4. The molecular formula is C25H29N3O4. The van der Waals surface area contributed by atoms with Crippen molar-refractivity contribution in [2.75, 3.05) is 33.9 Å². The molecule has 5 rings (SSSR count). The van der Waals surface area contributed by atoms with Crippen molar-refractivity contribution >= 4 is 16.9 Å². The van der Waals surface area contributed by atoms with E-state index in [0.717, 1.165) is 61.2 Å². The van der Waals surface area contributed by atoms with Gasteiger partial charge in [0.1, 0.15) is 11.9 Å². The number of likely N-dealkylation sites (tertiary alicyclic amines) is 1. The molecule has 3 aromatic rings. The van der Waals surface area contributed by atoms with Crippen LogP contribution in [0.3, 0.4) is 0 Å². The summed E-state index contributed by atoms with van der Waals surface area (Å²) >= 11 is 0. The quantitative estimate of drug-likeness (QED) is 0.605. The van der Waals surface area contributed by atoms with Gasteiger partial charge in [0.2, 0.25) is 0 Å². The van der Waals surface area contributed by atoms with Crippen molar-refractivity contribution in [3.63, 3.8) is 0 Å². The van der Waals surface area contributed by atoms with E-state index in [1.807, 2.05) is 35.2 Å². The lowest BCUT2D eigenvalue weighted by Crippen LogP contribution is -2.44. The second-order valence-electron chi connectivity index (χ2n) is 8.42. The Bertz CT molecular complexity index is 1110. The van der Waals surface area contributed by atoms with Crippen LogP contribution in [-0.2, 0) is 9.53 Å². The molecular weight excluding hydrogens is 406 g/mol. The van der Waals surface area contributed by atoms with Crippen LogP contribution in [-0.4, -0.2) is 60.4 Å². The predicted molar refractivity (Wildman–Crippen MR) is 122 cm³/mol. The fourth-order valence-electron chi connectivity index (χ4n) is 4.91. The molecule has 0 aliphatic carbocycles. The highest BCUT2D eigenvalue weighted by Crippen LogP contribution is 2.37. The molecule has 2 aromatic carbocycles. The van der Waals surface area contributed by atoms with E-state index in [2.05, 4.69) is 16.7 Å². The Labute approximate surface area is 187 Å². The maximum absolute atomic E-state index is 12.8. The average molecular weight is 436 g/mol. The number of amides is 1. The Kier molecular flexibility index (Phi) is 5.74. The van der Waals surface area contributed by atoms with Gasteiger partial charge in [-0.1, -0.05) is 12.1 Å². The number of piperidine rings is 1. The maximum atomic E-state index is 12.8. The van der Waals surface area contributed by atoms with Gasteiger partial charge >= 0.3 is 0 Å². The molecule has 1 amide bonds. The van der Waals surface area contributed by atoms with Crippen LogP contribution < -0.4 is 9.47 Å². The number of carbonyl (C=O) groups is 1. The van der Waals surface area contributed by atoms with Gasteiger partial charge in [0.05, 0.1) is 25.3 Å². The van der Waals surface area contributed by atoms with Crippen molar-refractivity contribution < 1.29 is 19.0 Å². The minimum atomic E-state index is -0.247. The molecule has 0 saturated carbocycles. The van der Waals surface area contributed by atoms with Gasteiger partial charge in [0.25, 0.3) is 5.91 Å². The van der Waals surface area contributed by atoms with Gasteiger partial charge < -0.3 is 23.7 Å². The monoisotopic (exact) mass is 435 g/mol. The van der Waals surface area contributed by atoms with Crippen molar-refractivity contribution in [1.82, 2.24) is 14.5 Å². The Balaban J connectivity index is 1.46. The molecule has 0 spiro atoms. The van der Waals surface area contributed by atoms with Crippen molar-refractivity contribution in [2.24, 2.45) is 0 Å². The first-order valence-electron chi connectivity index (χ1n) is 11.3. The number of fused-ring (bicyclic) bond motifs is 1. The lowest BCUT2D eigenvalue weighted by Gasteiger charge is -2.34. The molecule has 0 radical (unpaired) electrons. The van der Waals surface area contributed by atoms with Crippen molar-refractivity contribution in [3.05, 3.63) is 42.5 Å². The average Bonchev–Trinajstić information content (AvgIpc) is 3.51. The summed E-state index contributed by atoms with van der Waals surface area (Å²) < 4.78 is 18.9. The van der Waals surface area contributed by atoms with Crippen LogP contribution in [0.15, 0.2) is 42.5 Å². The number of ether oxygens (including phenoxy) is 3. The van der Waals surface area contributed by atoms with Crippen LogP contribution in [0.1, 0.15) is 31.7 Å². The topological polar surface area (TPSA) is 65.8 Å². The third-order valence-corrected chi connectivity index (χ3v) is 6.58. The third kappa shape index (κ3) is 3.71. The second kappa shape index (κ2) is 8.82. The highest BCUT2D eigenvalue weighted by atomic mass is 16.5. The third-order valence-electron chi connectivity index (χ3n) is 6.58. The van der Waals surface area contributed by atoms with E-state index in [4.69, 9.17) is 19.2 Å². The summed E-state index contributed by atoms with van der Waals surface area (Å²) in [5, 5.41) is 0. The van der Waals surface area contributed by atoms with E-state index < -0.39 is 0 Å². The molecule has 1 aromatic heterocycles. The first-order chi connectivity index (χ1) is 15.7. The summed E-state index contributed by atoms with van der Waals surface area (Å²) in [7, 11) is 3.28. The number of methoxy groups -OCH3 is 2. The molecule has 2 aliphatic heterocycles. The smallest absolute Gasteiger partial charge is 0.251 e. The number of hydrogen-bond acceptors (Lipinski definition) is 5. The van der Waals surface area contributed by atoms with Crippen molar-refractivity contribution in [3.8, 4) is 22.9 Å². The number of nitrogens with zero attached hydrogens (tertiary/aromatic N) is 3. The van der Waals surface area contributed by atoms with E-state index in [1.165, 1.54) is 0 Å². The minimum Gasteiger partial charge on any atom is -0.493 e. The van der Waals surface area contributed by atoms with Gasteiger partial charge in [-0.3, -0.25) is 4.79 Å². The van der Waals surface area contributed by atoms with Gasteiger partial charge in [0.15, 0.2) is 11.5 Å². The zero-order chi connectivity index (χ0) is 22.1. The zero-order valence-electron chi connectivity index (χ0n) is 18.6. The molecule has 7 nitrogen and oxygen atoms in total. The van der Waals surface area contributed by atoms with Gasteiger partial charge in [-0.05, 0) is 56.0 Å². The van der Waals surface area contributed by atoms with Crippen LogP contribution in [0.2, 0.25) is 0 Å². The molecule has 3 heterocycles. The van der Waals surface area contributed by atoms with E-state index in [0.29, 0.717) is 18.1 Å². The molecule has 168 valence electrons. The first kappa shape index (κ1) is 20.8. The van der Waals surface area contributed by atoms with E-state index in [9.17, 15) is 4.79 Å². The zero-order valence-corrected chi connectivity index (χ0v) is 18.6. The number of para-hydroxylation sites is 2. The van der Waals surface area contributed by atoms with Crippen LogP contribution in [0.5, 0.6) is 11.5 Å². The van der Waals surface area contributed by atoms with Crippen molar-refractivity contribution in [1.29, 1.82) is 0 Å². The number of hydrogen-bond donors (Lipinski definition) is 0. The molecule has 0 N–H and O–H groups in total. The number of imidazole rings is 1. The minimum absolute atomic E-state index is 0.150. The maximum Gasteiger partial charge on any atom is 0.251 e. The Hall–Kier alpha value is -3.06.